The van der Waals surface area contributed by atoms with Crippen LogP contribution in [-0.4, -0.2) is 52.6 Å². The summed E-state index contributed by atoms with van der Waals surface area (Å²) < 4.78 is 6.32. The molecule has 1 aliphatic rings. The zero-order valence-electron chi connectivity index (χ0n) is 13.1. The first-order valence-corrected chi connectivity index (χ1v) is 7.78. The summed E-state index contributed by atoms with van der Waals surface area (Å²) in [6, 6.07) is 7.01. The van der Waals surface area contributed by atoms with Gasteiger partial charge in [0.25, 0.3) is 5.56 Å². The number of rotatable bonds is 4. The highest BCUT2D eigenvalue weighted by Gasteiger charge is 2.24. The Morgan fingerprint density at radius 2 is 2.22 bits per heavy atom. The van der Waals surface area contributed by atoms with Gasteiger partial charge >= 0.3 is 0 Å². The van der Waals surface area contributed by atoms with Crippen LogP contribution in [0.25, 0.3) is 10.9 Å². The Morgan fingerprint density at radius 3 is 3.04 bits per heavy atom. The Labute approximate surface area is 133 Å². The number of carbonyl (C=O) groups excluding carboxylic acids is 1. The van der Waals surface area contributed by atoms with Crippen molar-refractivity contribution in [2.24, 2.45) is 5.92 Å². The highest BCUT2D eigenvalue weighted by Crippen LogP contribution is 2.16. The summed E-state index contributed by atoms with van der Waals surface area (Å²) in [5.74, 6) is 0.259. The van der Waals surface area contributed by atoms with Gasteiger partial charge in [0.1, 0.15) is 12.1 Å². The number of hydrogen-bond donors (Lipinski definition) is 0. The third-order valence-electron chi connectivity index (χ3n) is 4.19. The number of carbonyl (C=O) groups is 1. The van der Waals surface area contributed by atoms with E-state index in [1.807, 2.05) is 0 Å². The number of methoxy groups -OCH3 is 1. The number of likely N-dealkylation sites (tertiary alicyclic amines) is 1. The fourth-order valence-electron chi connectivity index (χ4n) is 3.02. The predicted octanol–water partition coefficient (Wildman–Crippen LogP) is 0.676. The molecule has 1 fully saturated rings. The maximum absolute atomic E-state index is 12.5. The van der Waals surface area contributed by atoms with Gasteiger partial charge in [0.15, 0.2) is 0 Å². The standard InChI is InChI=1S/C16H20N4O3/c1-23-11-12-5-4-8-19(9-12)15(21)10-20-16(22)13-6-2-3-7-14(13)17-18-20/h2-3,6-7,12H,4-5,8-11H2,1H3. The number of hydrogen-bond acceptors (Lipinski definition) is 5. The van der Waals surface area contributed by atoms with Crippen LogP contribution in [-0.2, 0) is 16.1 Å². The van der Waals surface area contributed by atoms with Gasteiger partial charge in [0.2, 0.25) is 5.91 Å². The van der Waals surface area contributed by atoms with Gasteiger partial charge < -0.3 is 9.64 Å². The smallest absolute Gasteiger partial charge is 0.278 e. The molecule has 0 bridgehead atoms. The lowest BCUT2D eigenvalue weighted by Crippen LogP contribution is -2.44. The molecule has 7 nitrogen and oxygen atoms in total. The molecule has 0 saturated carbocycles. The third kappa shape index (κ3) is 3.39. The highest BCUT2D eigenvalue weighted by atomic mass is 16.5. The Bertz CT molecular complexity index is 756. The van der Waals surface area contributed by atoms with Gasteiger partial charge in [-0.3, -0.25) is 9.59 Å². The Kier molecular flexibility index (Phi) is 4.66. The van der Waals surface area contributed by atoms with Crippen molar-refractivity contribution in [3.05, 3.63) is 34.6 Å². The number of ether oxygens (including phenoxy) is 1. The number of piperidine rings is 1. The third-order valence-corrected chi connectivity index (χ3v) is 4.19. The molecule has 2 heterocycles. The lowest BCUT2D eigenvalue weighted by atomic mass is 9.99. The minimum atomic E-state index is -0.283. The fourth-order valence-corrected chi connectivity index (χ4v) is 3.02. The maximum atomic E-state index is 12.5. The number of nitrogens with zero attached hydrogens (tertiary/aromatic N) is 4. The van der Waals surface area contributed by atoms with Crippen molar-refractivity contribution in [3.63, 3.8) is 0 Å². The SMILES string of the molecule is COCC1CCCN(C(=O)Cn2nnc3ccccc3c2=O)C1. The van der Waals surface area contributed by atoms with Gasteiger partial charge in [-0.2, -0.15) is 0 Å². The zero-order valence-corrected chi connectivity index (χ0v) is 13.1. The largest absolute Gasteiger partial charge is 0.384 e. The van der Waals surface area contributed by atoms with E-state index < -0.39 is 0 Å². The lowest BCUT2D eigenvalue weighted by molar-refractivity contribution is -0.134. The molecule has 1 aliphatic heterocycles. The molecule has 7 heteroatoms. The Morgan fingerprint density at radius 1 is 1.39 bits per heavy atom. The van der Waals surface area contributed by atoms with Crippen molar-refractivity contribution in [3.8, 4) is 0 Å². The molecule has 23 heavy (non-hydrogen) atoms. The average Bonchev–Trinajstić information content (AvgIpc) is 2.58. The quantitative estimate of drug-likeness (QED) is 0.829. The van der Waals surface area contributed by atoms with Crippen molar-refractivity contribution in [2.45, 2.75) is 19.4 Å². The monoisotopic (exact) mass is 316 g/mol. The molecule has 0 radical (unpaired) electrons. The van der Waals surface area contributed by atoms with E-state index in [4.69, 9.17) is 4.74 Å². The molecular weight excluding hydrogens is 296 g/mol. The van der Waals surface area contributed by atoms with Crippen LogP contribution in [0.5, 0.6) is 0 Å². The van der Waals surface area contributed by atoms with Gasteiger partial charge in [-0.1, -0.05) is 17.3 Å². The summed E-state index contributed by atoms with van der Waals surface area (Å²) >= 11 is 0. The van der Waals surface area contributed by atoms with Crippen LogP contribution in [0.3, 0.4) is 0 Å². The van der Waals surface area contributed by atoms with E-state index in [2.05, 4.69) is 10.3 Å². The minimum absolute atomic E-state index is 0.0730. The van der Waals surface area contributed by atoms with E-state index in [0.717, 1.165) is 24.1 Å². The molecule has 1 saturated heterocycles. The van der Waals surface area contributed by atoms with Crippen LogP contribution in [0.2, 0.25) is 0 Å². The summed E-state index contributed by atoms with van der Waals surface area (Å²) in [7, 11) is 1.67. The zero-order chi connectivity index (χ0) is 16.2. The summed E-state index contributed by atoms with van der Waals surface area (Å²) in [6.07, 6.45) is 2.02. The van der Waals surface area contributed by atoms with Crippen molar-refractivity contribution >= 4 is 16.8 Å². The van der Waals surface area contributed by atoms with Gasteiger partial charge in [-0.15, -0.1) is 5.10 Å². The van der Waals surface area contributed by atoms with E-state index in [1.54, 1.807) is 36.3 Å². The summed E-state index contributed by atoms with van der Waals surface area (Å²) in [5.41, 5.74) is 0.258. The first-order valence-electron chi connectivity index (χ1n) is 7.78. The second-order valence-electron chi connectivity index (χ2n) is 5.87. The fraction of sp³-hybridized carbons (Fsp3) is 0.500. The average molecular weight is 316 g/mol. The molecule has 122 valence electrons. The molecule has 1 amide bonds. The molecule has 0 aliphatic carbocycles. The summed E-state index contributed by atoms with van der Waals surface area (Å²) in [5, 5.41) is 8.36. The molecule has 2 aromatic rings. The van der Waals surface area contributed by atoms with Crippen LogP contribution in [0.15, 0.2) is 29.1 Å². The second kappa shape index (κ2) is 6.87. The van der Waals surface area contributed by atoms with E-state index >= 15 is 0 Å². The molecule has 1 aromatic heterocycles. The highest BCUT2D eigenvalue weighted by molar-refractivity contribution is 5.78. The van der Waals surface area contributed by atoms with E-state index in [9.17, 15) is 9.59 Å². The van der Waals surface area contributed by atoms with Crippen molar-refractivity contribution in [1.82, 2.24) is 19.9 Å². The molecule has 1 unspecified atom stereocenters. The second-order valence-corrected chi connectivity index (χ2v) is 5.87. The lowest BCUT2D eigenvalue weighted by Gasteiger charge is -2.32. The van der Waals surface area contributed by atoms with Crippen molar-refractivity contribution in [2.75, 3.05) is 26.8 Å². The van der Waals surface area contributed by atoms with E-state index in [0.29, 0.717) is 30.0 Å². The normalized spacial score (nSPS) is 18.3. The van der Waals surface area contributed by atoms with Gasteiger partial charge in [-0.05, 0) is 30.9 Å². The summed E-state index contributed by atoms with van der Waals surface area (Å²) in [4.78, 5) is 26.6. The van der Waals surface area contributed by atoms with Crippen LogP contribution < -0.4 is 5.56 Å². The number of aromatic nitrogens is 3. The van der Waals surface area contributed by atoms with Crippen molar-refractivity contribution < 1.29 is 9.53 Å². The van der Waals surface area contributed by atoms with E-state index in [1.165, 1.54) is 0 Å². The Hall–Kier alpha value is -2.28. The van der Waals surface area contributed by atoms with Gasteiger partial charge in [0.05, 0.1) is 12.0 Å². The first-order chi connectivity index (χ1) is 11.2. The molecule has 0 spiro atoms. The van der Waals surface area contributed by atoms with Crippen LogP contribution in [0.1, 0.15) is 12.8 Å². The number of benzene rings is 1. The maximum Gasteiger partial charge on any atom is 0.278 e. The van der Waals surface area contributed by atoms with Crippen LogP contribution in [0.4, 0.5) is 0 Å². The van der Waals surface area contributed by atoms with Gasteiger partial charge in [0, 0.05) is 20.2 Å². The van der Waals surface area contributed by atoms with Crippen LogP contribution in [0, 0.1) is 5.92 Å². The Balaban J connectivity index is 1.75. The summed E-state index contributed by atoms with van der Waals surface area (Å²) in [6.45, 7) is 1.97. The minimum Gasteiger partial charge on any atom is -0.384 e. The van der Waals surface area contributed by atoms with Gasteiger partial charge in [-0.25, -0.2) is 4.68 Å². The molecule has 1 atom stereocenters. The predicted molar refractivity (Wildman–Crippen MR) is 85.0 cm³/mol. The van der Waals surface area contributed by atoms with Crippen molar-refractivity contribution in [1.29, 1.82) is 0 Å². The molecule has 3 rings (SSSR count). The van der Waals surface area contributed by atoms with Crippen LogP contribution >= 0.6 is 0 Å². The van der Waals surface area contributed by atoms with E-state index in [-0.39, 0.29) is 18.0 Å². The molecule has 0 N–H and O–H groups in total. The molecule has 1 aromatic carbocycles. The topological polar surface area (TPSA) is 77.3 Å². The molecular formula is C16H20N4O3. The number of fused-ring (bicyclic) bond motifs is 1. The first kappa shape index (κ1) is 15.6. The number of amides is 1.